The lowest BCUT2D eigenvalue weighted by atomic mass is 9.82. The van der Waals surface area contributed by atoms with Crippen LogP contribution in [0.25, 0.3) is 0 Å². The van der Waals surface area contributed by atoms with Gasteiger partial charge in [-0.15, -0.1) is 0 Å². The number of carbonyl (C=O) groups is 1. The van der Waals surface area contributed by atoms with Gasteiger partial charge in [-0.2, -0.15) is 0 Å². The predicted octanol–water partition coefficient (Wildman–Crippen LogP) is 2.73. The quantitative estimate of drug-likeness (QED) is 0.787. The molecule has 0 aliphatic carbocycles. The molecule has 0 aromatic carbocycles. The van der Waals surface area contributed by atoms with Gasteiger partial charge in [-0.25, -0.2) is 0 Å². The molecule has 1 rings (SSSR count). The van der Waals surface area contributed by atoms with Gasteiger partial charge in [0.25, 0.3) is 0 Å². The normalized spacial score (nSPS) is 19.2. The van der Waals surface area contributed by atoms with Crippen LogP contribution in [0, 0.1) is 5.41 Å². The smallest absolute Gasteiger partial charge is 0.310 e. The molecular weight excluding hydrogens is 252 g/mol. The number of aliphatic carboxylic acids is 1. The molecule has 2 N–H and O–H groups in total. The van der Waals surface area contributed by atoms with Crippen LogP contribution in [0.4, 0.5) is 0 Å². The zero-order valence-corrected chi connectivity index (χ0v) is 13.8. The lowest BCUT2D eigenvalue weighted by molar-refractivity contribution is -0.149. The predicted molar refractivity (Wildman–Crippen MR) is 83.0 cm³/mol. The number of likely N-dealkylation sites (tertiary alicyclic amines) is 1. The molecule has 0 unspecified atom stereocenters. The van der Waals surface area contributed by atoms with E-state index in [-0.39, 0.29) is 5.54 Å². The Kier molecular flexibility index (Phi) is 6.02. The van der Waals surface area contributed by atoms with Crippen molar-refractivity contribution in [2.75, 3.05) is 19.6 Å². The molecule has 20 heavy (non-hydrogen) atoms. The summed E-state index contributed by atoms with van der Waals surface area (Å²) in [4.78, 5) is 14.0. The van der Waals surface area contributed by atoms with Gasteiger partial charge >= 0.3 is 5.97 Å². The van der Waals surface area contributed by atoms with E-state index in [2.05, 4.69) is 31.0 Å². The standard InChI is InChI=1S/C16H32N2O2/c1-6-16(7-2,14(19)20)12-17-13-8-10-18(11-9-13)15(3,4)5/h13,17H,6-12H2,1-5H3,(H,19,20). The first-order valence-corrected chi connectivity index (χ1v) is 7.97. The average Bonchev–Trinajstić information content (AvgIpc) is 2.39. The Morgan fingerprint density at radius 2 is 1.70 bits per heavy atom. The minimum atomic E-state index is -0.665. The molecule has 1 aliphatic heterocycles. The van der Waals surface area contributed by atoms with Crippen LogP contribution in [-0.4, -0.2) is 47.2 Å². The molecule has 4 nitrogen and oxygen atoms in total. The highest BCUT2D eigenvalue weighted by Gasteiger charge is 2.35. The van der Waals surface area contributed by atoms with Gasteiger partial charge in [0.2, 0.25) is 0 Å². The molecule has 0 saturated carbocycles. The van der Waals surface area contributed by atoms with Crippen molar-refractivity contribution in [1.82, 2.24) is 10.2 Å². The third-order valence-corrected chi connectivity index (χ3v) is 4.98. The Labute approximate surface area is 123 Å². The molecule has 1 saturated heterocycles. The van der Waals surface area contributed by atoms with Crippen LogP contribution in [0.2, 0.25) is 0 Å². The van der Waals surface area contributed by atoms with Gasteiger partial charge in [0.15, 0.2) is 0 Å². The summed E-state index contributed by atoms with van der Waals surface area (Å²) in [5.74, 6) is -0.665. The van der Waals surface area contributed by atoms with Crippen molar-refractivity contribution in [2.45, 2.75) is 71.9 Å². The summed E-state index contributed by atoms with van der Waals surface area (Å²) < 4.78 is 0. The first-order valence-electron chi connectivity index (χ1n) is 7.97. The van der Waals surface area contributed by atoms with Gasteiger partial charge in [0.05, 0.1) is 5.41 Å². The summed E-state index contributed by atoms with van der Waals surface area (Å²) in [6.07, 6.45) is 3.60. The first kappa shape index (κ1) is 17.4. The van der Waals surface area contributed by atoms with E-state index < -0.39 is 11.4 Å². The number of piperidine rings is 1. The third kappa shape index (κ3) is 4.19. The maximum atomic E-state index is 11.5. The van der Waals surface area contributed by atoms with Gasteiger partial charge in [-0.05, 0) is 46.5 Å². The Hall–Kier alpha value is -0.610. The lowest BCUT2D eigenvalue weighted by Gasteiger charge is -2.41. The summed E-state index contributed by atoms with van der Waals surface area (Å²) in [5.41, 5.74) is -0.357. The number of nitrogens with one attached hydrogen (secondary N) is 1. The largest absolute Gasteiger partial charge is 0.481 e. The van der Waals surface area contributed by atoms with Crippen molar-refractivity contribution in [3.05, 3.63) is 0 Å². The van der Waals surface area contributed by atoms with Crippen molar-refractivity contribution in [3.63, 3.8) is 0 Å². The number of hydrogen-bond acceptors (Lipinski definition) is 3. The van der Waals surface area contributed by atoms with Crippen LogP contribution in [0.15, 0.2) is 0 Å². The maximum Gasteiger partial charge on any atom is 0.310 e. The van der Waals surface area contributed by atoms with Crippen LogP contribution >= 0.6 is 0 Å². The zero-order chi connectivity index (χ0) is 15.4. The molecule has 1 heterocycles. The molecule has 1 fully saturated rings. The summed E-state index contributed by atoms with van der Waals surface area (Å²) >= 11 is 0. The van der Waals surface area contributed by atoms with Gasteiger partial charge in [0.1, 0.15) is 0 Å². The van der Waals surface area contributed by atoms with Crippen molar-refractivity contribution in [3.8, 4) is 0 Å². The Bertz CT molecular complexity index is 311. The SMILES string of the molecule is CCC(CC)(CNC1CCN(C(C)(C)C)CC1)C(=O)O. The minimum Gasteiger partial charge on any atom is -0.481 e. The van der Waals surface area contributed by atoms with Crippen molar-refractivity contribution >= 4 is 5.97 Å². The molecule has 118 valence electrons. The van der Waals surface area contributed by atoms with E-state index in [4.69, 9.17) is 0 Å². The van der Waals surface area contributed by atoms with Gasteiger partial charge in [-0.3, -0.25) is 9.69 Å². The molecule has 1 aliphatic rings. The van der Waals surface area contributed by atoms with E-state index in [9.17, 15) is 9.90 Å². The van der Waals surface area contributed by atoms with E-state index >= 15 is 0 Å². The van der Waals surface area contributed by atoms with Crippen LogP contribution in [0.3, 0.4) is 0 Å². The fourth-order valence-electron chi connectivity index (χ4n) is 2.97. The Morgan fingerprint density at radius 3 is 2.05 bits per heavy atom. The summed E-state index contributed by atoms with van der Waals surface area (Å²) in [6.45, 7) is 13.5. The van der Waals surface area contributed by atoms with E-state index in [1.807, 2.05) is 13.8 Å². The second kappa shape index (κ2) is 6.90. The molecule has 0 amide bonds. The highest BCUT2D eigenvalue weighted by atomic mass is 16.4. The minimum absolute atomic E-state index is 0.239. The fourth-order valence-corrected chi connectivity index (χ4v) is 2.97. The van der Waals surface area contributed by atoms with Crippen LogP contribution in [-0.2, 0) is 4.79 Å². The Balaban J connectivity index is 2.46. The van der Waals surface area contributed by atoms with Crippen molar-refractivity contribution in [2.24, 2.45) is 5.41 Å². The summed E-state index contributed by atoms with van der Waals surface area (Å²) in [5, 5.41) is 13.0. The molecule has 0 aromatic rings. The van der Waals surface area contributed by atoms with Gasteiger partial charge in [0, 0.05) is 31.2 Å². The van der Waals surface area contributed by atoms with E-state index in [0.717, 1.165) is 25.9 Å². The van der Waals surface area contributed by atoms with E-state index in [0.29, 0.717) is 25.4 Å². The molecular formula is C16H32N2O2. The monoisotopic (exact) mass is 284 g/mol. The average molecular weight is 284 g/mol. The molecule has 0 radical (unpaired) electrons. The van der Waals surface area contributed by atoms with Crippen LogP contribution < -0.4 is 5.32 Å². The molecule has 0 aromatic heterocycles. The lowest BCUT2D eigenvalue weighted by Crippen LogP contribution is -2.52. The second-order valence-electron chi connectivity index (χ2n) is 7.11. The highest BCUT2D eigenvalue weighted by Crippen LogP contribution is 2.27. The second-order valence-corrected chi connectivity index (χ2v) is 7.11. The maximum absolute atomic E-state index is 11.5. The molecule has 4 heteroatoms. The highest BCUT2D eigenvalue weighted by molar-refractivity contribution is 5.74. The summed E-state index contributed by atoms with van der Waals surface area (Å²) in [7, 11) is 0. The number of hydrogen-bond donors (Lipinski definition) is 2. The number of carboxylic acids is 1. The number of nitrogens with zero attached hydrogens (tertiary/aromatic N) is 1. The number of rotatable bonds is 6. The topological polar surface area (TPSA) is 52.6 Å². The summed E-state index contributed by atoms with van der Waals surface area (Å²) in [6, 6.07) is 0.463. The molecule has 0 bridgehead atoms. The zero-order valence-electron chi connectivity index (χ0n) is 13.8. The van der Waals surface area contributed by atoms with Gasteiger partial charge < -0.3 is 10.4 Å². The third-order valence-electron chi connectivity index (χ3n) is 4.98. The van der Waals surface area contributed by atoms with Crippen molar-refractivity contribution < 1.29 is 9.90 Å². The van der Waals surface area contributed by atoms with E-state index in [1.54, 1.807) is 0 Å². The molecule has 0 spiro atoms. The Morgan fingerprint density at radius 1 is 1.20 bits per heavy atom. The molecule has 0 atom stereocenters. The van der Waals surface area contributed by atoms with E-state index in [1.165, 1.54) is 0 Å². The van der Waals surface area contributed by atoms with Crippen LogP contribution in [0.1, 0.15) is 60.3 Å². The van der Waals surface area contributed by atoms with Gasteiger partial charge in [-0.1, -0.05) is 13.8 Å². The number of carboxylic acid groups (broad SMARTS) is 1. The first-order chi connectivity index (χ1) is 9.25. The fraction of sp³-hybridized carbons (Fsp3) is 0.938. The van der Waals surface area contributed by atoms with Crippen molar-refractivity contribution in [1.29, 1.82) is 0 Å². The van der Waals surface area contributed by atoms with Crippen LogP contribution in [0.5, 0.6) is 0 Å².